The van der Waals surface area contributed by atoms with E-state index in [4.69, 9.17) is 4.74 Å². The zero-order valence-electron chi connectivity index (χ0n) is 17.0. The standard InChI is InChI=1S/C20H29F2N3O4/c1-20(2,3)29-19(27)23-12-15-6-4-5-11-25(15)13-17(26)24-14-7-9-16(10-8-14)28-18(21)22/h7-10,15,18H,4-6,11-13H2,1-3H3,(H,23,27)(H,24,26). The van der Waals surface area contributed by atoms with Gasteiger partial charge < -0.3 is 20.1 Å². The van der Waals surface area contributed by atoms with E-state index in [0.29, 0.717) is 12.2 Å². The number of anilines is 1. The van der Waals surface area contributed by atoms with Crippen molar-refractivity contribution in [3.8, 4) is 5.75 Å². The van der Waals surface area contributed by atoms with Gasteiger partial charge in [0.05, 0.1) is 6.54 Å². The summed E-state index contributed by atoms with van der Waals surface area (Å²) < 4.78 is 33.9. The Morgan fingerprint density at radius 1 is 1.21 bits per heavy atom. The third kappa shape index (κ3) is 8.64. The normalized spacial score (nSPS) is 17.7. The molecule has 1 saturated heterocycles. The highest BCUT2D eigenvalue weighted by Gasteiger charge is 2.25. The molecule has 1 fully saturated rings. The van der Waals surface area contributed by atoms with Crippen LogP contribution in [0.3, 0.4) is 0 Å². The number of piperidine rings is 1. The van der Waals surface area contributed by atoms with Crippen LogP contribution in [0, 0.1) is 0 Å². The lowest BCUT2D eigenvalue weighted by molar-refractivity contribution is -0.118. The maximum Gasteiger partial charge on any atom is 0.407 e. The van der Waals surface area contributed by atoms with E-state index in [0.717, 1.165) is 25.8 Å². The lowest BCUT2D eigenvalue weighted by Crippen LogP contribution is -2.49. The summed E-state index contributed by atoms with van der Waals surface area (Å²) in [6.07, 6.45) is 2.42. The molecule has 0 aliphatic carbocycles. The van der Waals surface area contributed by atoms with E-state index in [2.05, 4.69) is 15.4 Å². The van der Waals surface area contributed by atoms with Gasteiger partial charge in [-0.3, -0.25) is 9.69 Å². The van der Waals surface area contributed by atoms with Crippen LogP contribution in [-0.2, 0) is 9.53 Å². The van der Waals surface area contributed by atoms with Crippen molar-refractivity contribution in [2.24, 2.45) is 0 Å². The van der Waals surface area contributed by atoms with Crippen molar-refractivity contribution in [2.45, 2.75) is 58.3 Å². The van der Waals surface area contributed by atoms with E-state index < -0.39 is 18.3 Å². The summed E-state index contributed by atoms with van der Waals surface area (Å²) in [5, 5.41) is 5.52. The van der Waals surface area contributed by atoms with Crippen molar-refractivity contribution >= 4 is 17.7 Å². The highest BCUT2D eigenvalue weighted by molar-refractivity contribution is 5.92. The highest BCUT2D eigenvalue weighted by Crippen LogP contribution is 2.19. The summed E-state index contributed by atoms with van der Waals surface area (Å²) in [4.78, 5) is 26.3. The van der Waals surface area contributed by atoms with Crippen molar-refractivity contribution in [2.75, 3.05) is 25.0 Å². The number of nitrogens with one attached hydrogen (secondary N) is 2. The average Bonchev–Trinajstić information content (AvgIpc) is 2.61. The van der Waals surface area contributed by atoms with Gasteiger partial charge in [-0.2, -0.15) is 8.78 Å². The van der Waals surface area contributed by atoms with Gasteiger partial charge in [-0.25, -0.2) is 4.79 Å². The van der Waals surface area contributed by atoms with Crippen LogP contribution < -0.4 is 15.4 Å². The number of benzene rings is 1. The Balaban J connectivity index is 1.84. The number of hydrogen-bond donors (Lipinski definition) is 2. The van der Waals surface area contributed by atoms with Crippen LogP contribution in [0.5, 0.6) is 5.75 Å². The summed E-state index contributed by atoms with van der Waals surface area (Å²) in [5.74, 6) is -0.181. The molecule has 29 heavy (non-hydrogen) atoms. The largest absolute Gasteiger partial charge is 0.444 e. The molecule has 0 aromatic heterocycles. The number of rotatable bonds is 7. The molecule has 0 radical (unpaired) electrons. The van der Waals surface area contributed by atoms with Gasteiger partial charge in [0.1, 0.15) is 11.4 Å². The Bertz CT molecular complexity index is 677. The van der Waals surface area contributed by atoms with Crippen LogP contribution in [0.15, 0.2) is 24.3 Å². The van der Waals surface area contributed by atoms with Gasteiger partial charge in [-0.05, 0) is 64.4 Å². The number of carbonyl (C=O) groups excluding carboxylic acids is 2. The van der Waals surface area contributed by atoms with Crippen LogP contribution in [0.2, 0.25) is 0 Å². The van der Waals surface area contributed by atoms with E-state index in [9.17, 15) is 18.4 Å². The van der Waals surface area contributed by atoms with Crippen molar-refractivity contribution in [1.82, 2.24) is 10.2 Å². The van der Waals surface area contributed by atoms with Crippen LogP contribution in [-0.4, -0.2) is 54.8 Å². The van der Waals surface area contributed by atoms with Gasteiger partial charge in [-0.15, -0.1) is 0 Å². The molecular formula is C20H29F2N3O4. The first kappa shape index (κ1) is 22.9. The molecule has 0 saturated carbocycles. The second-order valence-electron chi connectivity index (χ2n) is 7.95. The molecule has 1 unspecified atom stereocenters. The van der Waals surface area contributed by atoms with Gasteiger partial charge >= 0.3 is 12.7 Å². The average molecular weight is 413 g/mol. The maximum absolute atomic E-state index is 12.4. The number of alkyl carbamates (subject to hydrolysis) is 1. The monoisotopic (exact) mass is 413 g/mol. The molecule has 1 aliphatic heterocycles. The van der Waals surface area contributed by atoms with Gasteiger partial charge in [0.2, 0.25) is 5.91 Å². The maximum atomic E-state index is 12.4. The molecule has 0 spiro atoms. The molecule has 1 atom stereocenters. The second kappa shape index (κ2) is 10.4. The van der Waals surface area contributed by atoms with Crippen LogP contribution >= 0.6 is 0 Å². The fraction of sp³-hybridized carbons (Fsp3) is 0.600. The first-order chi connectivity index (χ1) is 13.6. The fourth-order valence-corrected chi connectivity index (χ4v) is 3.12. The molecule has 9 heteroatoms. The fourth-order valence-electron chi connectivity index (χ4n) is 3.12. The Morgan fingerprint density at radius 2 is 1.90 bits per heavy atom. The first-order valence-corrected chi connectivity index (χ1v) is 9.68. The molecule has 2 N–H and O–H groups in total. The van der Waals surface area contributed by atoms with Gasteiger partial charge in [0.15, 0.2) is 0 Å². The van der Waals surface area contributed by atoms with Crippen molar-refractivity contribution in [3.63, 3.8) is 0 Å². The number of halogens is 2. The molecule has 1 aromatic carbocycles. The number of nitrogens with zero attached hydrogens (tertiary/aromatic N) is 1. The number of carbonyl (C=O) groups is 2. The van der Waals surface area contributed by atoms with Crippen molar-refractivity contribution < 1.29 is 27.8 Å². The number of likely N-dealkylation sites (tertiary alicyclic amines) is 1. The molecule has 1 aromatic rings. The molecule has 7 nitrogen and oxygen atoms in total. The topological polar surface area (TPSA) is 79.9 Å². The lowest BCUT2D eigenvalue weighted by atomic mass is 10.0. The van der Waals surface area contributed by atoms with Crippen molar-refractivity contribution in [3.05, 3.63) is 24.3 Å². The Hall–Kier alpha value is -2.42. The van der Waals surface area contributed by atoms with E-state index in [1.165, 1.54) is 24.3 Å². The number of amides is 2. The minimum Gasteiger partial charge on any atom is -0.444 e. The van der Waals surface area contributed by atoms with Crippen molar-refractivity contribution in [1.29, 1.82) is 0 Å². The predicted octanol–water partition coefficient (Wildman–Crippen LogP) is 3.61. The number of hydrogen-bond acceptors (Lipinski definition) is 5. The third-order valence-corrected chi connectivity index (χ3v) is 4.34. The Morgan fingerprint density at radius 3 is 2.52 bits per heavy atom. The zero-order chi connectivity index (χ0) is 21.4. The molecule has 2 amide bonds. The minimum atomic E-state index is -2.89. The van der Waals surface area contributed by atoms with E-state index in [1.807, 2.05) is 4.90 Å². The van der Waals surface area contributed by atoms with Gasteiger partial charge in [-0.1, -0.05) is 6.42 Å². The third-order valence-electron chi connectivity index (χ3n) is 4.34. The summed E-state index contributed by atoms with van der Waals surface area (Å²) in [6.45, 7) is 3.86. The Kier molecular flexibility index (Phi) is 8.19. The zero-order valence-corrected chi connectivity index (χ0v) is 17.0. The quantitative estimate of drug-likeness (QED) is 0.714. The highest BCUT2D eigenvalue weighted by atomic mass is 19.3. The molecule has 2 rings (SSSR count). The van der Waals surface area contributed by atoms with E-state index >= 15 is 0 Å². The van der Waals surface area contributed by atoms with Crippen LogP contribution in [0.4, 0.5) is 19.3 Å². The number of alkyl halides is 2. The molecule has 162 valence electrons. The second-order valence-corrected chi connectivity index (χ2v) is 7.95. The molecule has 1 heterocycles. The summed E-state index contributed by atoms with van der Waals surface area (Å²) in [6, 6.07) is 5.80. The molecule has 1 aliphatic rings. The van der Waals surface area contributed by atoms with Crippen LogP contribution in [0.1, 0.15) is 40.0 Å². The SMILES string of the molecule is CC(C)(C)OC(=O)NCC1CCCCN1CC(=O)Nc1ccc(OC(F)F)cc1. The summed E-state index contributed by atoms with van der Waals surface area (Å²) >= 11 is 0. The number of ether oxygens (including phenoxy) is 2. The van der Waals surface area contributed by atoms with Gasteiger partial charge in [0, 0.05) is 18.3 Å². The predicted molar refractivity (Wildman–Crippen MR) is 105 cm³/mol. The molecular weight excluding hydrogens is 384 g/mol. The van der Waals surface area contributed by atoms with Gasteiger partial charge in [0.25, 0.3) is 0 Å². The molecule has 0 bridgehead atoms. The summed E-state index contributed by atoms with van der Waals surface area (Å²) in [7, 11) is 0. The van der Waals surface area contributed by atoms with E-state index in [1.54, 1.807) is 20.8 Å². The first-order valence-electron chi connectivity index (χ1n) is 9.68. The minimum absolute atomic E-state index is 0.0299. The Labute approximate surface area is 169 Å². The summed E-state index contributed by atoms with van der Waals surface area (Å²) in [5.41, 5.74) is -0.0661. The lowest BCUT2D eigenvalue weighted by Gasteiger charge is -2.35. The van der Waals surface area contributed by atoms with Crippen LogP contribution in [0.25, 0.3) is 0 Å². The van der Waals surface area contributed by atoms with E-state index in [-0.39, 0.29) is 24.2 Å². The smallest absolute Gasteiger partial charge is 0.407 e.